The van der Waals surface area contributed by atoms with E-state index in [4.69, 9.17) is 0 Å². The van der Waals surface area contributed by atoms with Crippen molar-refractivity contribution in [2.45, 2.75) is 13.8 Å². The minimum absolute atomic E-state index is 0.00236. The number of carbonyl (C=O) groups excluding carboxylic acids is 3. The summed E-state index contributed by atoms with van der Waals surface area (Å²) in [5.74, 6) is -0.363. The molecule has 0 saturated carbocycles. The van der Waals surface area contributed by atoms with Crippen LogP contribution < -0.4 is 10.6 Å². The van der Waals surface area contributed by atoms with Crippen molar-refractivity contribution in [1.29, 1.82) is 0 Å². The molecule has 0 radical (unpaired) electrons. The van der Waals surface area contributed by atoms with Crippen molar-refractivity contribution in [2.24, 2.45) is 0 Å². The number of carbonyl (C=O) groups is 3. The molecule has 0 atom stereocenters. The highest BCUT2D eigenvalue weighted by Gasteiger charge is 2.23. The zero-order chi connectivity index (χ0) is 20.8. The summed E-state index contributed by atoms with van der Waals surface area (Å²) in [6.07, 6.45) is 0. The lowest BCUT2D eigenvalue weighted by Crippen LogP contribution is -2.51. The predicted molar refractivity (Wildman–Crippen MR) is 112 cm³/mol. The van der Waals surface area contributed by atoms with Gasteiger partial charge >= 0.3 is 6.03 Å². The summed E-state index contributed by atoms with van der Waals surface area (Å²) in [4.78, 5) is 40.5. The number of nitrogens with zero attached hydrogens (tertiary/aromatic N) is 2. The van der Waals surface area contributed by atoms with Crippen molar-refractivity contribution in [2.75, 3.05) is 38.0 Å². The number of anilines is 1. The van der Waals surface area contributed by atoms with E-state index in [0.717, 1.165) is 11.1 Å². The van der Waals surface area contributed by atoms with Crippen LogP contribution in [0.4, 0.5) is 10.5 Å². The normalized spacial score (nSPS) is 14.3. The van der Waals surface area contributed by atoms with Crippen molar-refractivity contribution in [3.63, 3.8) is 0 Å². The molecule has 7 heteroatoms. The molecule has 1 aliphatic heterocycles. The molecule has 1 heterocycles. The zero-order valence-electron chi connectivity index (χ0n) is 16.8. The monoisotopic (exact) mass is 394 g/mol. The highest BCUT2D eigenvalue weighted by molar-refractivity contribution is 6.02. The number of amides is 4. The first-order valence-electron chi connectivity index (χ1n) is 9.67. The Morgan fingerprint density at radius 3 is 2.28 bits per heavy atom. The first kappa shape index (κ1) is 20.5. The van der Waals surface area contributed by atoms with Crippen LogP contribution in [0.15, 0.2) is 48.5 Å². The maximum Gasteiger partial charge on any atom is 0.325 e. The molecule has 0 bridgehead atoms. The van der Waals surface area contributed by atoms with Gasteiger partial charge in [-0.2, -0.15) is 0 Å². The summed E-state index contributed by atoms with van der Waals surface area (Å²) in [5, 5.41) is 5.07. The number of hydrogen-bond donors (Lipinski definition) is 2. The van der Waals surface area contributed by atoms with E-state index in [1.807, 2.05) is 55.1 Å². The number of benzene rings is 2. The van der Waals surface area contributed by atoms with Gasteiger partial charge in [-0.15, -0.1) is 0 Å². The quantitative estimate of drug-likeness (QED) is 0.834. The van der Waals surface area contributed by atoms with Crippen LogP contribution in [-0.2, 0) is 4.79 Å². The summed E-state index contributed by atoms with van der Waals surface area (Å²) in [6.45, 7) is 6.28. The maximum absolute atomic E-state index is 12.5. The Bertz CT molecular complexity index is 890. The Hall–Kier alpha value is -3.19. The molecule has 0 aromatic heterocycles. The fourth-order valence-electron chi connectivity index (χ4n) is 3.35. The third-order valence-electron chi connectivity index (χ3n) is 4.93. The van der Waals surface area contributed by atoms with E-state index in [1.165, 1.54) is 0 Å². The number of hydrogen-bond acceptors (Lipinski definition) is 4. The molecular weight excluding hydrogens is 368 g/mol. The van der Waals surface area contributed by atoms with Crippen LogP contribution in [0.1, 0.15) is 21.5 Å². The number of aryl methyl sites for hydroxylation is 2. The van der Waals surface area contributed by atoms with E-state index in [0.29, 0.717) is 37.4 Å². The van der Waals surface area contributed by atoms with Gasteiger partial charge in [-0.05, 0) is 37.6 Å². The lowest BCUT2D eigenvalue weighted by Gasteiger charge is -2.34. The maximum atomic E-state index is 12.5. The minimum Gasteiger partial charge on any atom is -0.336 e. The second-order valence-corrected chi connectivity index (χ2v) is 7.26. The average Bonchev–Trinajstić information content (AvgIpc) is 2.70. The predicted octanol–water partition coefficient (Wildman–Crippen LogP) is 2.41. The largest absolute Gasteiger partial charge is 0.336 e. The van der Waals surface area contributed by atoms with E-state index in [9.17, 15) is 14.4 Å². The zero-order valence-corrected chi connectivity index (χ0v) is 16.8. The molecule has 1 saturated heterocycles. The van der Waals surface area contributed by atoms with Crippen LogP contribution in [0, 0.1) is 13.8 Å². The third kappa shape index (κ3) is 5.65. The molecule has 0 aliphatic carbocycles. The molecule has 4 amide bonds. The molecule has 2 aromatic carbocycles. The van der Waals surface area contributed by atoms with Gasteiger partial charge in [0.15, 0.2) is 0 Å². The van der Waals surface area contributed by atoms with Gasteiger partial charge in [0, 0.05) is 37.4 Å². The topological polar surface area (TPSA) is 81.8 Å². The second-order valence-electron chi connectivity index (χ2n) is 7.26. The number of rotatable bonds is 4. The van der Waals surface area contributed by atoms with Crippen LogP contribution >= 0.6 is 0 Å². The second kappa shape index (κ2) is 9.34. The van der Waals surface area contributed by atoms with Crippen LogP contribution in [-0.4, -0.2) is 60.4 Å². The fourth-order valence-corrected chi connectivity index (χ4v) is 3.35. The molecule has 152 valence electrons. The summed E-state index contributed by atoms with van der Waals surface area (Å²) in [7, 11) is 0. The lowest BCUT2D eigenvalue weighted by molar-refractivity contribution is -0.121. The molecule has 1 fully saturated rings. The van der Waals surface area contributed by atoms with Gasteiger partial charge in [-0.3, -0.25) is 19.8 Å². The number of piperazine rings is 1. The van der Waals surface area contributed by atoms with Crippen molar-refractivity contribution < 1.29 is 14.4 Å². The van der Waals surface area contributed by atoms with Gasteiger partial charge in [0.2, 0.25) is 5.91 Å². The summed E-state index contributed by atoms with van der Waals surface area (Å²) >= 11 is 0. The smallest absolute Gasteiger partial charge is 0.325 e. The Morgan fingerprint density at radius 1 is 0.931 bits per heavy atom. The van der Waals surface area contributed by atoms with Gasteiger partial charge in [-0.25, -0.2) is 4.79 Å². The van der Waals surface area contributed by atoms with Crippen molar-refractivity contribution in [3.8, 4) is 0 Å². The van der Waals surface area contributed by atoms with Crippen molar-refractivity contribution in [1.82, 2.24) is 15.1 Å². The van der Waals surface area contributed by atoms with Crippen LogP contribution in [0.25, 0.3) is 0 Å². The van der Waals surface area contributed by atoms with Gasteiger partial charge in [0.1, 0.15) is 0 Å². The lowest BCUT2D eigenvalue weighted by atomic mass is 10.1. The Balaban J connectivity index is 1.43. The fraction of sp³-hybridized carbons (Fsp3) is 0.318. The first-order valence-corrected chi connectivity index (χ1v) is 9.67. The van der Waals surface area contributed by atoms with E-state index in [1.54, 1.807) is 17.0 Å². The molecule has 0 spiro atoms. The molecule has 3 rings (SSSR count). The van der Waals surface area contributed by atoms with Crippen LogP contribution in [0.5, 0.6) is 0 Å². The van der Waals surface area contributed by atoms with E-state index in [2.05, 4.69) is 10.6 Å². The Morgan fingerprint density at radius 2 is 1.62 bits per heavy atom. The highest BCUT2D eigenvalue weighted by Crippen LogP contribution is 2.15. The van der Waals surface area contributed by atoms with Crippen molar-refractivity contribution in [3.05, 3.63) is 65.2 Å². The average molecular weight is 394 g/mol. The first-order chi connectivity index (χ1) is 13.9. The number of nitrogens with one attached hydrogen (secondary N) is 2. The minimum atomic E-state index is -0.542. The standard InChI is InChI=1S/C22H26N4O3/c1-16-8-9-19(17(2)14-16)23-22(29)24-20(27)15-25-10-12-26(13-11-25)21(28)18-6-4-3-5-7-18/h3-9,14H,10-13,15H2,1-2H3,(H2,23,24,27,29). The molecule has 1 aliphatic rings. The Labute approximate surface area is 170 Å². The van der Waals surface area contributed by atoms with Gasteiger partial charge < -0.3 is 10.2 Å². The van der Waals surface area contributed by atoms with Crippen LogP contribution in [0.3, 0.4) is 0 Å². The van der Waals surface area contributed by atoms with E-state index >= 15 is 0 Å². The Kier molecular flexibility index (Phi) is 6.61. The van der Waals surface area contributed by atoms with Crippen LogP contribution in [0.2, 0.25) is 0 Å². The number of urea groups is 1. The molecule has 2 N–H and O–H groups in total. The molecule has 7 nitrogen and oxygen atoms in total. The third-order valence-corrected chi connectivity index (χ3v) is 4.93. The molecule has 29 heavy (non-hydrogen) atoms. The number of imide groups is 1. The summed E-state index contributed by atoms with van der Waals surface area (Å²) < 4.78 is 0. The van der Waals surface area contributed by atoms with Crippen molar-refractivity contribution >= 4 is 23.5 Å². The van der Waals surface area contributed by atoms with Gasteiger partial charge in [0.05, 0.1) is 6.54 Å². The highest BCUT2D eigenvalue weighted by atomic mass is 16.2. The SMILES string of the molecule is Cc1ccc(NC(=O)NC(=O)CN2CCN(C(=O)c3ccccc3)CC2)c(C)c1. The molecular formula is C22H26N4O3. The molecule has 2 aromatic rings. The summed E-state index contributed by atoms with van der Waals surface area (Å²) in [6, 6.07) is 14.3. The summed E-state index contributed by atoms with van der Waals surface area (Å²) in [5.41, 5.74) is 3.39. The molecule has 0 unspecified atom stereocenters. The van der Waals surface area contributed by atoms with Gasteiger partial charge in [0.25, 0.3) is 5.91 Å². The van der Waals surface area contributed by atoms with E-state index < -0.39 is 6.03 Å². The van der Waals surface area contributed by atoms with E-state index in [-0.39, 0.29) is 18.4 Å². The van der Waals surface area contributed by atoms with Gasteiger partial charge in [-0.1, -0.05) is 35.9 Å².